The third-order valence-electron chi connectivity index (χ3n) is 3.39. The molecule has 1 aliphatic heterocycles. The molecule has 0 aromatic rings. The van der Waals surface area contributed by atoms with Crippen LogP contribution in [0.5, 0.6) is 0 Å². The molecule has 1 aliphatic rings. The summed E-state index contributed by atoms with van der Waals surface area (Å²) in [6.07, 6.45) is 0. The van der Waals surface area contributed by atoms with Crippen molar-refractivity contribution in [3.63, 3.8) is 0 Å². The minimum Gasteiger partial charge on any atom is -0.772 e. The number of likely N-dealkylation sites (tertiary alicyclic amines) is 1. The number of rotatable bonds is 3. The molecule has 0 amide bonds. The van der Waals surface area contributed by atoms with Gasteiger partial charge in [0.25, 0.3) is 10.1 Å². The molecule has 6 nitrogen and oxygen atoms in total. The topological polar surface area (TPSA) is 94.5 Å². The molecule has 0 aromatic heterocycles. The largest absolute Gasteiger partial charge is 0.772 e. The van der Waals surface area contributed by atoms with Gasteiger partial charge in [0.2, 0.25) is 0 Å². The Kier molecular flexibility index (Phi) is 3.81. The van der Waals surface area contributed by atoms with E-state index < -0.39 is 38.1 Å². The maximum Gasteiger partial charge on any atom is 0.265 e. The summed E-state index contributed by atoms with van der Waals surface area (Å²) < 4.78 is 53.1. The van der Waals surface area contributed by atoms with Gasteiger partial charge in [-0.2, -0.15) is 8.42 Å². The first-order chi connectivity index (χ1) is 7.04. The third kappa shape index (κ3) is 3.01. The molecule has 0 aromatic carbocycles. The molecule has 16 heavy (non-hydrogen) atoms. The number of hydrogen-bond acceptors (Lipinski definition) is 4. The lowest BCUT2D eigenvalue weighted by Gasteiger charge is -2.31. The molecule has 0 bridgehead atoms. The lowest BCUT2D eigenvalue weighted by molar-refractivity contribution is -0.900. The van der Waals surface area contributed by atoms with Crippen LogP contribution in [0.2, 0.25) is 0 Å². The quantitative estimate of drug-likeness (QED) is 0.413. The van der Waals surface area contributed by atoms with Gasteiger partial charge < -0.3 is 9.04 Å². The molecule has 1 heterocycles. The van der Waals surface area contributed by atoms with Gasteiger partial charge in [-0.05, 0) is 18.0 Å². The van der Waals surface area contributed by atoms with Crippen LogP contribution in [0, 0.1) is 5.92 Å². The van der Waals surface area contributed by atoms with Gasteiger partial charge in [-0.3, -0.25) is 8.76 Å². The molecule has 4 unspecified atom stereocenters. The van der Waals surface area contributed by atoms with Crippen molar-refractivity contribution in [3.8, 4) is 0 Å². The van der Waals surface area contributed by atoms with E-state index in [4.69, 9.17) is 4.55 Å². The first kappa shape index (κ1) is 14.0. The Labute approximate surface area is 98.3 Å². The highest BCUT2D eigenvalue weighted by molar-refractivity contribution is 7.85. The lowest BCUT2D eigenvalue weighted by Crippen LogP contribution is -2.46. The molecule has 1 fully saturated rings. The maximum absolute atomic E-state index is 11.1. The van der Waals surface area contributed by atoms with Gasteiger partial charge in [-0.25, -0.2) is 0 Å². The minimum absolute atomic E-state index is 0.176. The van der Waals surface area contributed by atoms with Gasteiger partial charge in [0.15, 0.2) is 0 Å². The van der Waals surface area contributed by atoms with E-state index in [-0.39, 0.29) is 6.04 Å². The molecule has 1 saturated heterocycles. The average molecular weight is 271 g/mol. The van der Waals surface area contributed by atoms with Crippen LogP contribution in [0.1, 0.15) is 6.92 Å². The van der Waals surface area contributed by atoms with Gasteiger partial charge in [0, 0.05) is 5.92 Å². The number of nitrogens with zero attached hydrogens (tertiary/aromatic N) is 1. The zero-order valence-electron chi connectivity index (χ0n) is 9.49. The van der Waals surface area contributed by atoms with Gasteiger partial charge in [0.05, 0.1) is 37.7 Å². The number of quaternary nitrogens is 1. The fraction of sp³-hybridized carbons (Fsp3) is 1.00. The summed E-state index contributed by atoms with van der Waals surface area (Å²) >= 11 is -2.32. The Hall–Kier alpha value is -0.0200. The Bertz CT molecular complexity index is 391. The summed E-state index contributed by atoms with van der Waals surface area (Å²) in [6, 6.07) is -0.176. The predicted octanol–water partition coefficient (Wildman–Crippen LogP) is -0.783. The van der Waals surface area contributed by atoms with E-state index in [2.05, 4.69) is 0 Å². The Morgan fingerprint density at radius 2 is 2.00 bits per heavy atom. The Morgan fingerprint density at radius 3 is 2.38 bits per heavy atom. The summed E-state index contributed by atoms with van der Waals surface area (Å²) in [5, 5.41) is -0.725. The smallest absolute Gasteiger partial charge is 0.265 e. The van der Waals surface area contributed by atoms with Crippen LogP contribution in [0.3, 0.4) is 0 Å². The monoisotopic (exact) mass is 271 g/mol. The molecule has 1 N–H and O–H groups in total. The van der Waals surface area contributed by atoms with E-state index in [9.17, 15) is 17.2 Å². The summed E-state index contributed by atoms with van der Waals surface area (Å²) in [7, 11) is -0.420. The van der Waals surface area contributed by atoms with E-state index in [1.807, 2.05) is 14.1 Å². The van der Waals surface area contributed by atoms with Gasteiger partial charge in [-0.15, -0.1) is 0 Å². The highest BCUT2D eigenvalue weighted by Crippen LogP contribution is 2.31. The molecule has 0 spiro atoms. The van der Waals surface area contributed by atoms with Crippen LogP contribution < -0.4 is 0 Å². The van der Waals surface area contributed by atoms with Crippen molar-refractivity contribution < 1.29 is 26.2 Å². The molecule has 4 atom stereocenters. The van der Waals surface area contributed by atoms with Crippen LogP contribution in [0.15, 0.2) is 0 Å². The molecular weight excluding hydrogens is 254 g/mol. The molecule has 1 rings (SSSR count). The predicted molar refractivity (Wildman–Crippen MR) is 59.1 cm³/mol. The summed E-state index contributed by atoms with van der Waals surface area (Å²) in [5.74, 6) is -1.03. The van der Waals surface area contributed by atoms with Crippen molar-refractivity contribution in [2.24, 2.45) is 5.92 Å². The molecule has 96 valence electrons. The molecule has 8 heteroatoms. The zero-order chi connectivity index (χ0) is 12.7. The second kappa shape index (κ2) is 4.34. The highest BCUT2D eigenvalue weighted by Gasteiger charge is 2.48. The van der Waals surface area contributed by atoms with E-state index >= 15 is 0 Å². The summed E-state index contributed by atoms with van der Waals surface area (Å²) in [4.78, 5) is 0. The first-order valence-electron chi connectivity index (χ1n) is 4.90. The van der Waals surface area contributed by atoms with Crippen molar-refractivity contribution in [2.75, 3.05) is 26.4 Å². The summed E-state index contributed by atoms with van der Waals surface area (Å²) in [5.41, 5.74) is 0. The van der Waals surface area contributed by atoms with Crippen molar-refractivity contribution in [3.05, 3.63) is 0 Å². The standard InChI is InChI=1S/C8H17NO5S2/c1-6-8(15(10)11)7(4-9(6,2)3)5-16(12,13)14/h6-8H,4-5H2,1-3H3,(H-,10,11,12,13,14). The van der Waals surface area contributed by atoms with Gasteiger partial charge in [-0.1, -0.05) is 0 Å². The molecule has 0 saturated carbocycles. The molecule has 0 radical (unpaired) electrons. The maximum atomic E-state index is 11.1. The Balaban J connectivity index is 2.97. The van der Waals surface area contributed by atoms with E-state index in [0.29, 0.717) is 11.0 Å². The van der Waals surface area contributed by atoms with Gasteiger partial charge in [0.1, 0.15) is 0 Å². The van der Waals surface area contributed by atoms with Crippen LogP contribution in [-0.2, 0) is 21.2 Å². The van der Waals surface area contributed by atoms with Crippen molar-refractivity contribution in [1.29, 1.82) is 0 Å². The second-order valence-electron chi connectivity index (χ2n) is 4.94. The Morgan fingerprint density at radius 1 is 1.50 bits per heavy atom. The van der Waals surface area contributed by atoms with E-state index in [0.717, 1.165) is 0 Å². The second-order valence-corrected chi connectivity index (χ2v) is 7.50. The zero-order valence-corrected chi connectivity index (χ0v) is 11.1. The minimum atomic E-state index is -4.13. The van der Waals surface area contributed by atoms with Crippen LogP contribution >= 0.6 is 0 Å². The molecule has 0 aliphatic carbocycles. The normalized spacial score (nSPS) is 36.2. The van der Waals surface area contributed by atoms with Crippen LogP contribution in [-0.4, -0.2) is 63.9 Å². The molecular formula is C8H17NO5S2. The average Bonchev–Trinajstić information content (AvgIpc) is 2.18. The third-order valence-corrected chi connectivity index (χ3v) is 5.47. The van der Waals surface area contributed by atoms with Crippen molar-refractivity contribution in [1.82, 2.24) is 0 Å². The van der Waals surface area contributed by atoms with E-state index in [1.165, 1.54) is 0 Å². The van der Waals surface area contributed by atoms with E-state index in [1.54, 1.807) is 6.92 Å². The highest BCUT2D eigenvalue weighted by atomic mass is 32.2. The fourth-order valence-electron chi connectivity index (χ4n) is 2.40. The fourth-order valence-corrected chi connectivity index (χ4v) is 4.53. The van der Waals surface area contributed by atoms with Crippen molar-refractivity contribution >= 4 is 21.2 Å². The first-order valence-corrected chi connectivity index (χ1v) is 7.65. The van der Waals surface area contributed by atoms with Crippen LogP contribution in [0.25, 0.3) is 0 Å². The SMILES string of the molecule is CC1C(S(=O)[O-])C(CS(=O)(=O)O)C[N+]1(C)C. The van der Waals surface area contributed by atoms with Crippen LogP contribution in [0.4, 0.5) is 0 Å². The summed E-state index contributed by atoms with van der Waals surface area (Å²) in [6.45, 7) is 2.21. The lowest BCUT2D eigenvalue weighted by atomic mass is 10.1. The number of hydrogen-bond donors (Lipinski definition) is 1. The van der Waals surface area contributed by atoms with Crippen molar-refractivity contribution in [2.45, 2.75) is 18.2 Å². The van der Waals surface area contributed by atoms with Gasteiger partial charge >= 0.3 is 0 Å².